The number of rotatable bonds is 5. The van der Waals surface area contributed by atoms with Gasteiger partial charge in [0.25, 0.3) is 0 Å². The van der Waals surface area contributed by atoms with Gasteiger partial charge in [0, 0.05) is 17.7 Å². The summed E-state index contributed by atoms with van der Waals surface area (Å²) in [7, 11) is 1.64. The predicted molar refractivity (Wildman–Crippen MR) is 131 cm³/mol. The summed E-state index contributed by atoms with van der Waals surface area (Å²) in [5.41, 5.74) is 5.16. The molecule has 0 aromatic heterocycles. The number of hydrazone groups is 1. The summed E-state index contributed by atoms with van der Waals surface area (Å²) in [6, 6.07) is 22.9. The molecule has 0 amide bonds. The number of hydrogen-bond donors (Lipinski definition) is 2. The van der Waals surface area contributed by atoms with E-state index in [2.05, 4.69) is 15.8 Å². The van der Waals surface area contributed by atoms with Gasteiger partial charge in [0.15, 0.2) is 5.11 Å². The summed E-state index contributed by atoms with van der Waals surface area (Å²) in [5, 5.41) is 8.10. The highest BCUT2D eigenvalue weighted by Crippen LogP contribution is 2.35. The van der Waals surface area contributed by atoms with Crippen LogP contribution in [-0.2, 0) is 0 Å². The van der Waals surface area contributed by atoms with Crippen molar-refractivity contribution in [1.82, 2.24) is 5.43 Å². The van der Waals surface area contributed by atoms with Crippen molar-refractivity contribution in [3.8, 4) is 23.0 Å². The van der Waals surface area contributed by atoms with Crippen molar-refractivity contribution in [3.63, 3.8) is 0 Å². The van der Waals surface area contributed by atoms with Gasteiger partial charge in [-0.25, -0.2) is 0 Å². The third-order valence-corrected chi connectivity index (χ3v) is 5.05. The number of fused-ring (bicyclic) bond motifs is 1. The van der Waals surface area contributed by atoms with Gasteiger partial charge in [-0.15, -0.1) is 0 Å². The van der Waals surface area contributed by atoms with Crippen molar-refractivity contribution in [3.05, 3.63) is 78.4 Å². The smallest absolute Gasteiger partial charge is 0.191 e. The van der Waals surface area contributed by atoms with Crippen LogP contribution in [-0.4, -0.2) is 23.5 Å². The molecular weight excluding hydrogens is 422 g/mol. The maximum Gasteiger partial charge on any atom is 0.191 e. The van der Waals surface area contributed by atoms with Crippen molar-refractivity contribution in [2.45, 2.75) is 25.9 Å². The Morgan fingerprint density at radius 1 is 0.969 bits per heavy atom. The van der Waals surface area contributed by atoms with Crippen LogP contribution in [0.1, 0.15) is 25.8 Å². The fourth-order valence-electron chi connectivity index (χ4n) is 3.39. The lowest BCUT2D eigenvalue weighted by Crippen LogP contribution is -2.37. The lowest BCUT2D eigenvalue weighted by atomic mass is 9.92. The summed E-state index contributed by atoms with van der Waals surface area (Å²) >= 11 is 5.43. The summed E-state index contributed by atoms with van der Waals surface area (Å²) < 4.78 is 17.3. The zero-order chi connectivity index (χ0) is 22.6. The highest BCUT2D eigenvalue weighted by atomic mass is 32.1. The summed E-state index contributed by atoms with van der Waals surface area (Å²) in [4.78, 5) is 0. The topological polar surface area (TPSA) is 64.1 Å². The lowest BCUT2D eigenvalue weighted by molar-refractivity contribution is 0.111. The highest BCUT2D eigenvalue weighted by Gasteiger charge is 2.31. The zero-order valence-corrected chi connectivity index (χ0v) is 19.0. The lowest BCUT2D eigenvalue weighted by Gasteiger charge is -2.33. The van der Waals surface area contributed by atoms with E-state index in [9.17, 15) is 0 Å². The van der Waals surface area contributed by atoms with Crippen molar-refractivity contribution in [1.29, 1.82) is 0 Å². The number of hydrogen-bond acceptors (Lipinski definition) is 5. The van der Waals surface area contributed by atoms with E-state index in [1.54, 1.807) is 7.11 Å². The van der Waals surface area contributed by atoms with E-state index < -0.39 is 0 Å². The van der Waals surface area contributed by atoms with Crippen LogP contribution in [0.15, 0.2) is 77.9 Å². The maximum atomic E-state index is 6.08. The Morgan fingerprint density at radius 3 is 2.38 bits per heavy atom. The standard InChI is InChI=1S/C25H25N3O3S/c1-25(2)16-22(21-15-20(29-3)13-14-23(21)31-25)27-28-24(32)26-17-9-11-19(12-10-17)30-18-7-5-4-6-8-18/h4-15H,16H2,1-3H3,(H2,26,28,32). The first-order chi connectivity index (χ1) is 15.4. The molecule has 0 fully saturated rings. The first-order valence-corrected chi connectivity index (χ1v) is 10.7. The Hall–Kier alpha value is -3.58. The Kier molecular flexibility index (Phi) is 6.28. The Balaban J connectivity index is 1.42. The molecule has 7 heteroatoms. The van der Waals surface area contributed by atoms with Crippen LogP contribution in [0.5, 0.6) is 23.0 Å². The van der Waals surface area contributed by atoms with E-state index in [4.69, 9.17) is 26.4 Å². The zero-order valence-electron chi connectivity index (χ0n) is 18.2. The monoisotopic (exact) mass is 447 g/mol. The van der Waals surface area contributed by atoms with Gasteiger partial charge >= 0.3 is 0 Å². The largest absolute Gasteiger partial charge is 0.497 e. The molecule has 0 bridgehead atoms. The Morgan fingerprint density at radius 2 is 1.66 bits per heavy atom. The molecule has 0 aliphatic carbocycles. The van der Waals surface area contributed by atoms with E-state index in [1.807, 2.05) is 86.6 Å². The van der Waals surface area contributed by atoms with Gasteiger partial charge in [0.2, 0.25) is 0 Å². The van der Waals surface area contributed by atoms with Crippen LogP contribution < -0.4 is 25.0 Å². The van der Waals surface area contributed by atoms with E-state index in [0.717, 1.165) is 40.0 Å². The van der Waals surface area contributed by atoms with Crippen molar-refractivity contribution in [2.24, 2.45) is 5.10 Å². The van der Waals surface area contributed by atoms with Gasteiger partial charge in [0.05, 0.1) is 12.8 Å². The molecule has 32 heavy (non-hydrogen) atoms. The highest BCUT2D eigenvalue weighted by molar-refractivity contribution is 7.80. The third-order valence-electron chi connectivity index (χ3n) is 4.86. The molecule has 0 saturated carbocycles. The number of thiocarbonyl (C=S) groups is 1. The first-order valence-electron chi connectivity index (χ1n) is 10.3. The molecule has 6 nitrogen and oxygen atoms in total. The number of ether oxygens (including phenoxy) is 3. The minimum atomic E-state index is -0.369. The second-order valence-corrected chi connectivity index (χ2v) is 8.37. The first kappa shape index (κ1) is 21.6. The molecule has 3 aromatic rings. The molecule has 1 aliphatic rings. The number of nitrogens with zero attached hydrogens (tertiary/aromatic N) is 1. The molecule has 4 rings (SSSR count). The molecule has 0 spiro atoms. The van der Waals surface area contributed by atoms with E-state index in [-0.39, 0.29) is 5.60 Å². The van der Waals surface area contributed by atoms with E-state index in [1.165, 1.54) is 0 Å². The number of methoxy groups -OCH3 is 1. The second kappa shape index (κ2) is 9.28. The molecule has 1 heterocycles. The molecule has 0 unspecified atom stereocenters. The van der Waals surface area contributed by atoms with Crippen LogP contribution in [0, 0.1) is 0 Å². The van der Waals surface area contributed by atoms with E-state index >= 15 is 0 Å². The number of benzene rings is 3. The van der Waals surface area contributed by atoms with E-state index in [0.29, 0.717) is 11.5 Å². The molecule has 3 aromatic carbocycles. The van der Waals surface area contributed by atoms with Crippen LogP contribution in [0.25, 0.3) is 0 Å². The number of nitrogens with one attached hydrogen (secondary N) is 2. The van der Waals surface area contributed by atoms with Crippen LogP contribution in [0.3, 0.4) is 0 Å². The predicted octanol–water partition coefficient (Wildman–Crippen LogP) is 5.74. The third kappa shape index (κ3) is 5.36. The molecule has 0 radical (unpaired) electrons. The molecule has 0 atom stereocenters. The maximum absolute atomic E-state index is 6.08. The Labute approximate surface area is 193 Å². The fraction of sp³-hybridized carbons (Fsp3) is 0.200. The van der Waals surface area contributed by atoms with Gasteiger partial charge in [-0.1, -0.05) is 18.2 Å². The summed E-state index contributed by atoms with van der Waals surface area (Å²) in [6.45, 7) is 4.07. The molecule has 0 saturated heterocycles. The van der Waals surface area contributed by atoms with Gasteiger partial charge < -0.3 is 19.5 Å². The normalized spacial score (nSPS) is 15.3. The summed E-state index contributed by atoms with van der Waals surface area (Å²) in [6.07, 6.45) is 0.633. The summed E-state index contributed by atoms with van der Waals surface area (Å²) in [5.74, 6) is 3.06. The van der Waals surface area contributed by atoms with Crippen LogP contribution in [0.4, 0.5) is 5.69 Å². The van der Waals surface area contributed by atoms with Crippen molar-refractivity contribution < 1.29 is 14.2 Å². The van der Waals surface area contributed by atoms with Gasteiger partial charge in [0.1, 0.15) is 28.6 Å². The van der Waals surface area contributed by atoms with Gasteiger partial charge in [-0.05, 0) is 80.7 Å². The minimum Gasteiger partial charge on any atom is -0.497 e. The van der Waals surface area contributed by atoms with Crippen LogP contribution >= 0.6 is 12.2 Å². The van der Waals surface area contributed by atoms with Crippen molar-refractivity contribution in [2.75, 3.05) is 12.4 Å². The molecule has 2 N–H and O–H groups in total. The van der Waals surface area contributed by atoms with Crippen LogP contribution in [0.2, 0.25) is 0 Å². The quantitative estimate of drug-likeness (QED) is 0.384. The van der Waals surface area contributed by atoms with Gasteiger partial charge in [-0.3, -0.25) is 5.43 Å². The number of para-hydroxylation sites is 1. The average molecular weight is 448 g/mol. The second-order valence-electron chi connectivity index (χ2n) is 7.96. The van der Waals surface area contributed by atoms with Gasteiger partial charge in [-0.2, -0.15) is 5.10 Å². The molecule has 164 valence electrons. The number of anilines is 1. The van der Waals surface area contributed by atoms with Crippen molar-refractivity contribution >= 4 is 28.7 Å². The SMILES string of the molecule is COc1ccc2c(c1)C(=NNC(=S)Nc1ccc(Oc3ccccc3)cc1)CC(C)(C)O2. The average Bonchev–Trinajstić information content (AvgIpc) is 2.78. The molecular formula is C25H25N3O3S. The molecule has 1 aliphatic heterocycles. The Bertz CT molecular complexity index is 1130. The minimum absolute atomic E-state index is 0.369. The fourth-order valence-corrected chi connectivity index (χ4v) is 3.55.